The van der Waals surface area contributed by atoms with Gasteiger partial charge in [0.1, 0.15) is 0 Å². The molecule has 0 atom stereocenters. The van der Waals surface area contributed by atoms with Crippen LogP contribution in [-0.2, 0) is 13.0 Å². The number of aryl methyl sites for hydroxylation is 3. The van der Waals surface area contributed by atoms with Crippen LogP contribution in [0.4, 0.5) is 0 Å². The van der Waals surface area contributed by atoms with Gasteiger partial charge in [0.15, 0.2) is 0 Å². The molecule has 0 saturated carbocycles. The van der Waals surface area contributed by atoms with Crippen molar-refractivity contribution in [3.63, 3.8) is 0 Å². The predicted octanol–water partition coefficient (Wildman–Crippen LogP) is 5.70. The number of aromatic nitrogens is 1. The van der Waals surface area contributed by atoms with Gasteiger partial charge in [-0.1, -0.05) is 43.7 Å². The van der Waals surface area contributed by atoms with E-state index in [2.05, 4.69) is 67.8 Å². The SMILES string of the molecule is CCCCc1c[c]c2c3c(C(N)=O)cccc3n(Cc3ccc(C)c(C)c3)c2c1. The second-order valence-corrected chi connectivity index (χ2v) is 7.94. The zero-order valence-corrected chi connectivity index (χ0v) is 17.4. The molecule has 0 spiro atoms. The van der Waals surface area contributed by atoms with Crippen molar-refractivity contribution in [3.8, 4) is 0 Å². The minimum Gasteiger partial charge on any atom is -0.366 e. The van der Waals surface area contributed by atoms with Crippen LogP contribution in [0.15, 0.2) is 48.5 Å². The minimum absolute atomic E-state index is 0.399. The van der Waals surface area contributed by atoms with Gasteiger partial charge in [-0.3, -0.25) is 4.79 Å². The van der Waals surface area contributed by atoms with Crippen LogP contribution in [-0.4, -0.2) is 10.5 Å². The molecule has 0 aliphatic heterocycles. The highest BCUT2D eigenvalue weighted by molar-refractivity contribution is 6.17. The highest BCUT2D eigenvalue weighted by atomic mass is 16.1. The fourth-order valence-electron chi connectivity index (χ4n) is 4.08. The van der Waals surface area contributed by atoms with Crippen molar-refractivity contribution < 1.29 is 4.79 Å². The number of hydrogen-bond acceptors (Lipinski definition) is 1. The van der Waals surface area contributed by atoms with Crippen LogP contribution in [0.2, 0.25) is 0 Å². The number of benzene rings is 3. The lowest BCUT2D eigenvalue weighted by molar-refractivity contribution is 0.100. The summed E-state index contributed by atoms with van der Waals surface area (Å²) in [6.07, 6.45) is 3.36. The highest BCUT2D eigenvalue weighted by Crippen LogP contribution is 2.33. The van der Waals surface area contributed by atoms with E-state index in [-0.39, 0.29) is 0 Å². The maximum Gasteiger partial charge on any atom is 0.249 e. The summed E-state index contributed by atoms with van der Waals surface area (Å²) in [5.41, 5.74) is 13.5. The van der Waals surface area contributed by atoms with Gasteiger partial charge in [0.25, 0.3) is 0 Å². The summed E-state index contributed by atoms with van der Waals surface area (Å²) in [5, 5.41) is 1.87. The van der Waals surface area contributed by atoms with Gasteiger partial charge in [0, 0.05) is 22.9 Å². The van der Waals surface area contributed by atoms with E-state index in [9.17, 15) is 4.79 Å². The molecule has 4 rings (SSSR count). The maximum atomic E-state index is 12.1. The molecule has 3 nitrogen and oxygen atoms in total. The first-order valence-electron chi connectivity index (χ1n) is 10.3. The van der Waals surface area contributed by atoms with Crippen molar-refractivity contribution in [3.05, 3.63) is 82.4 Å². The Morgan fingerprint density at radius 3 is 2.59 bits per heavy atom. The molecule has 1 amide bonds. The normalized spacial score (nSPS) is 11.4. The van der Waals surface area contributed by atoms with Gasteiger partial charge in [-0.2, -0.15) is 0 Å². The van der Waals surface area contributed by atoms with E-state index in [4.69, 9.17) is 5.73 Å². The standard InChI is InChI=1S/C26H27N2O/c1-4-5-7-19-12-13-21-24(15-19)28(16-20-11-10-17(2)18(3)14-20)23-9-6-8-22(25(21)23)26(27)29/h6,8-12,14-15H,4-5,7,16H2,1-3H3,(H2,27,29). The first kappa shape index (κ1) is 19.3. The van der Waals surface area contributed by atoms with E-state index < -0.39 is 5.91 Å². The Balaban J connectivity index is 1.96. The number of amides is 1. The van der Waals surface area contributed by atoms with Crippen LogP contribution in [0.3, 0.4) is 0 Å². The van der Waals surface area contributed by atoms with Crippen molar-refractivity contribution in [1.82, 2.24) is 4.57 Å². The van der Waals surface area contributed by atoms with E-state index in [1.165, 1.54) is 22.3 Å². The van der Waals surface area contributed by atoms with Gasteiger partial charge in [-0.25, -0.2) is 0 Å². The lowest BCUT2D eigenvalue weighted by Gasteiger charge is -2.11. The van der Waals surface area contributed by atoms with Crippen LogP contribution in [0.5, 0.6) is 0 Å². The molecular formula is C26H27N2O. The molecule has 0 fully saturated rings. The fourth-order valence-corrected chi connectivity index (χ4v) is 4.08. The van der Waals surface area contributed by atoms with Gasteiger partial charge < -0.3 is 10.3 Å². The van der Waals surface area contributed by atoms with Crippen molar-refractivity contribution >= 4 is 27.7 Å². The lowest BCUT2D eigenvalue weighted by Crippen LogP contribution is -2.11. The molecule has 29 heavy (non-hydrogen) atoms. The molecule has 0 aliphatic carbocycles. The van der Waals surface area contributed by atoms with Gasteiger partial charge in [-0.05, 0) is 73.2 Å². The average molecular weight is 384 g/mol. The largest absolute Gasteiger partial charge is 0.366 e. The van der Waals surface area contributed by atoms with E-state index in [0.29, 0.717) is 5.56 Å². The Bertz CT molecular complexity index is 1220. The summed E-state index contributed by atoms with van der Waals surface area (Å²) < 4.78 is 2.30. The summed E-state index contributed by atoms with van der Waals surface area (Å²) in [7, 11) is 0. The highest BCUT2D eigenvalue weighted by Gasteiger charge is 2.17. The summed E-state index contributed by atoms with van der Waals surface area (Å²) in [6.45, 7) is 7.23. The zero-order valence-electron chi connectivity index (χ0n) is 17.4. The van der Waals surface area contributed by atoms with Crippen LogP contribution < -0.4 is 5.73 Å². The quantitative estimate of drug-likeness (QED) is 0.456. The number of rotatable bonds is 6. The third kappa shape index (κ3) is 3.53. The Labute approximate surface area is 172 Å². The number of primary amides is 1. The van der Waals surface area contributed by atoms with Crippen LogP contribution >= 0.6 is 0 Å². The maximum absolute atomic E-state index is 12.1. The van der Waals surface area contributed by atoms with Crippen LogP contribution in [0.1, 0.15) is 52.4 Å². The van der Waals surface area contributed by atoms with Crippen molar-refractivity contribution in [2.45, 2.75) is 46.6 Å². The number of nitrogens with zero attached hydrogens (tertiary/aromatic N) is 1. The van der Waals surface area contributed by atoms with E-state index in [0.717, 1.165) is 47.6 Å². The molecule has 0 bridgehead atoms. The molecule has 147 valence electrons. The second kappa shape index (κ2) is 7.75. The van der Waals surface area contributed by atoms with E-state index >= 15 is 0 Å². The van der Waals surface area contributed by atoms with Crippen LogP contribution in [0.25, 0.3) is 21.8 Å². The molecule has 0 unspecified atom stereocenters. The summed E-state index contributed by atoms with van der Waals surface area (Å²) in [6, 6.07) is 20.2. The summed E-state index contributed by atoms with van der Waals surface area (Å²) in [4.78, 5) is 12.1. The van der Waals surface area contributed by atoms with E-state index in [1.54, 1.807) is 0 Å². The van der Waals surface area contributed by atoms with E-state index in [1.807, 2.05) is 12.1 Å². The van der Waals surface area contributed by atoms with Gasteiger partial charge in [0.05, 0.1) is 11.0 Å². The minimum atomic E-state index is -0.399. The predicted molar refractivity (Wildman–Crippen MR) is 120 cm³/mol. The Morgan fingerprint density at radius 2 is 1.86 bits per heavy atom. The summed E-state index contributed by atoms with van der Waals surface area (Å²) in [5.74, 6) is -0.399. The zero-order chi connectivity index (χ0) is 20.5. The Hall–Kier alpha value is -3.07. The first-order valence-corrected chi connectivity index (χ1v) is 10.3. The molecule has 3 heteroatoms. The molecule has 1 aromatic heterocycles. The molecule has 1 heterocycles. The number of carbonyl (C=O) groups is 1. The van der Waals surface area contributed by atoms with Gasteiger partial charge >= 0.3 is 0 Å². The molecule has 0 aliphatic rings. The smallest absolute Gasteiger partial charge is 0.249 e. The molecule has 1 radical (unpaired) electrons. The molecule has 4 aromatic rings. The monoisotopic (exact) mass is 383 g/mol. The number of nitrogens with two attached hydrogens (primary N) is 1. The molecule has 3 aromatic carbocycles. The number of fused-ring (bicyclic) bond motifs is 3. The fraction of sp³-hybridized carbons (Fsp3) is 0.269. The van der Waals surface area contributed by atoms with Crippen molar-refractivity contribution in [2.24, 2.45) is 5.73 Å². The third-order valence-corrected chi connectivity index (χ3v) is 5.85. The second-order valence-electron chi connectivity index (χ2n) is 7.94. The third-order valence-electron chi connectivity index (χ3n) is 5.85. The van der Waals surface area contributed by atoms with Crippen molar-refractivity contribution in [1.29, 1.82) is 0 Å². The Kier molecular flexibility index (Phi) is 5.14. The van der Waals surface area contributed by atoms with Crippen LogP contribution in [0, 0.1) is 19.9 Å². The lowest BCUT2D eigenvalue weighted by atomic mass is 10.0. The molecule has 2 N–H and O–H groups in total. The summed E-state index contributed by atoms with van der Waals surface area (Å²) >= 11 is 0. The topological polar surface area (TPSA) is 48.0 Å². The Morgan fingerprint density at radius 1 is 1.03 bits per heavy atom. The average Bonchev–Trinajstić information content (AvgIpc) is 3.02. The van der Waals surface area contributed by atoms with Gasteiger partial charge in [-0.15, -0.1) is 0 Å². The first-order chi connectivity index (χ1) is 14.0. The van der Waals surface area contributed by atoms with Gasteiger partial charge in [0.2, 0.25) is 5.91 Å². The molecule has 0 saturated heterocycles. The number of carbonyl (C=O) groups excluding carboxylic acids is 1. The number of hydrogen-bond donors (Lipinski definition) is 1. The number of unbranched alkanes of at least 4 members (excludes halogenated alkanes) is 1. The van der Waals surface area contributed by atoms with Crippen molar-refractivity contribution in [2.75, 3.05) is 0 Å². The molecular weight excluding hydrogens is 356 g/mol.